The summed E-state index contributed by atoms with van der Waals surface area (Å²) in [6.45, 7) is 5.06. The molecule has 0 amide bonds. The van der Waals surface area contributed by atoms with Gasteiger partial charge in [-0.1, -0.05) is 25.6 Å². The zero-order valence-corrected chi connectivity index (χ0v) is 9.98. The minimum atomic E-state index is 0.232. The minimum absolute atomic E-state index is 0.232. The van der Waals surface area contributed by atoms with Gasteiger partial charge in [0.15, 0.2) is 5.16 Å². The highest BCUT2D eigenvalue weighted by atomic mass is 35.5. The summed E-state index contributed by atoms with van der Waals surface area (Å²) in [5, 5.41) is 3.97. The molecule has 0 unspecified atom stereocenters. The predicted molar refractivity (Wildman–Crippen MR) is 59.9 cm³/mol. The quantitative estimate of drug-likeness (QED) is 0.808. The van der Waals surface area contributed by atoms with Crippen LogP contribution < -0.4 is 5.32 Å². The molecule has 4 nitrogen and oxygen atoms in total. The first-order valence-corrected chi connectivity index (χ1v) is 5.91. The second-order valence-electron chi connectivity index (χ2n) is 3.19. The van der Waals surface area contributed by atoms with Crippen LogP contribution in [0.5, 0.6) is 0 Å². The highest BCUT2D eigenvalue weighted by Crippen LogP contribution is 2.13. The molecule has 0 aromatic carbocycles. The largest absolute Gasteiger partial charge is 0.354 e. The van der Waals surface area contributed by atoms with Gasteiger partial charge >= 0.3 is 0 Å². The summed E-state index contributed by atoms with van der Waals surface area (Å²) in [6, 6.07) is 0. The number of halogens is 1. The summed E-state index contributed by atoms with van der Waals surface area (Å²) in [4.78, 5) is 12.1. The third-order valence-corrected chi connectivity index (χ3v) is 2.16. The van der Waals surface area contributed by atoms with E-state index in [1.54, 1.807) is 0 Å². The Morgan fingerprint density at radius 1 is 1.36 bits per heavy atom. The van der Waals surface area contributed by atoms with Gasteiger partial charge in [-0.25, -0.2) is 0 Å². The lowest BCUT2D eigenvalue weighted by Crippen LogP contribution is -2.11. The molecule has 0 saturated heterocycles. The van der Waals surface area contributed by atoms with Gasteiger partial charge in [-0.05, 0) is 23.8 Å². The monoisotopic (exact) mass is 232 g/mol. The molecule has 6 heteroatoms. The highest BCUT2D eigenvalue weighted by Gasteiger charge is 2.03. The smallest absolute Gasteiger partial charge is 0.228 e. The molecule has 0 fully saturated rings. The van der Waals surface area contributed by atoms with E-state index in [-0.39, 0.29) is 5.28 Å². The number of nitrogens with zero attached hydrogens (tertiary/aromatic N) is 3. The molecule has 1 heterocycles. The first-order valence-electron chi connectivity index (χ1n) is 4.31. The number of aromatic nitrogens is 3. The molecule has 0 saturated carbocycles. The third kappa shape index (κ3) is 3.67. The Labute approximate surface area is 92.9 Å². The van der Waals surface area contributed by atoms with E-state index in [1.807, 2.05) is 6.26 Å². The third-order valence-electron chi connectivity index (χ3n) is 1.44. The van der Waals surface area contributed by atoms with Crippen LogP contribution in [0.1, 0.15) is 13.8 Å². The molecule has 0 aliphatic heterocycles. The molecule has 1 aromatic heterocycles. The van der Waals surface area contributed by atoms with E-state index >= 15 is 0 Å². The van der Waals surface area contributed by atoms with Gasteiger partial charge in [0.2, 0.25) is 11.2 Å². The Kier molecular flexibility index (Phi) is 4.41. The maximum Gasteiger partial charge on any atom is 0.228 e. The van der Waals surface area contributed by atoms with Crippen LogP contribution >= 0.6 is 23.4 Å². The van der Waals surface area contributed by atoms with E-state index in [4.69, 9.17) is 11.6 Å². The van der Waals surface area contributed by atoms with Crippen LogP contribution in [-0.4, -0.2) is 27.8 Å². The van der Waals surface area contributed by atoms with E-state index < -0.39 is 0 Å². The summed E-state index contributed by atoms with van der Waals surface area (Å²) in [6.07, 6.45) is 1.90. The second kappa shape index (κ2) is 5.36. The fourth-order valence-corrected chi connectivity index (χ4v) is 1.36. The van der Waals surface area contributed by atoms with Crippen molar-refractivity contribution in [3.8, 4) is 0 Å². The van der Waals surface area contributed by atoms with Crippen LogP contribution in [0.25, 0.3) is 0 Å². The summed E-state index contributed by atoms with van der Waals surface area (Å²) in [5.41, 5.74) is 0. The van der Waals surface area contributed by atoms with Crippen LogP contribution in [0, 0.1) is 5.92 Å². The zero-order valence-electron chi connectivity index (χ0n) is 8.41. The van der Waals surface area contributed by atoms with E-state index in [0.29, 0.717) is 17.0 Å². The fraction of sp³-hybridized carbons (Fsp3) is 0.625. The lowest BCUT2D eigenvalue weighted by Gasteiger charge is -2.07. The summed E-state index contributed by atoms with van der Waals surface area (Å²) >= 11 is 7.17. The Balaban J connectivity index is 2.71. The van der Waals surface area contributed by atoms with Crippen molar-refractivity contribution in [2.24, 2.45) is 5.92 Å². The average molecular weight is 233 g/mol. The number of hydrogen-bond acceptors (Lipinski definition) is 5. The second-order valence-corrected chi connectivity index (χ2v) is 4.30. The van der Waals surface area contributed by atoms with Gasteiger partial charge in [0.05, 0.1) is 0 Å². The highest BCUT2D eigenvalue weighted by molar-refractivity contribution is 7.98. The topological polar surface area (TPSA) is 50.7 Å². The molecule has 14 heavy (non-hydrogen) atoms. The fourth-order valence-electron chi connectivity index (χ4n) is 0.798. The molecule has 1 aromatic rings. The van der Waals surface area contributed by atoms with Crippen molar-refractivity contribution in [1.82, 2.24) is 15.0 Å². The van der Waals surface area contributed by atoms with Crippen molar-refractivity contribution < 1.29 is 0 Å². The van der Waals surface area contributed by atoms with Gasteiger partial charge in [0, 0.05) is 6.54 Å². The van der Waals surface area contributed by atoms with E-state index in [0.717, 1.165) is 6.54 Å². The van der Waals surface area contributed by atoms with Crippen LogP contribution in [0.2, 0.25) is 5.28 Å². The van der Waals surface area contributed by atoms with E-state index in [9.17, 15) is 0 Å². The summed E-state index contributed by atoms with van der Waals surface area (Å²) in [7, 11) is 0. The van der Waals surface area contributed by atoms with E-state index in [2.05, 4.69) is 34.1 Å². The van der Waals surface area contributed by atoms with Crippen LogP contribution in [0.3, 0.4) is 0 Å². The van der Waals surface area contributed by atoms with Crippen LogP contribution in [0.4, 0.5) is 5.95 Å². The van der Waals surface area contributed by atoms with Gasteiger partial charge in [0.25, 0.3) is 0 Å². The zero-order chi connectivity index (χ0) is 10.6. The van der Waals surface area contributed by atoms with Gasteiger partial charge < -0.3 is 5.32 Å². The molecule has 0 aliphatic carbocycles. The predicted octanol–water partition coefficient (Wildman–Crippen LogP) is 2.31. The molecule has 0 bridgehead atoms. The van der Waals surface area contributed by atoms with E-state index in [1.165, 1.54) is 11.8 Å². The minimum Gasteiger partial charge on any atom is -0.354 e. The Morgan fingerprint density at radius 3 is 2.64 bits per heavy atom. The molecule has 0 radical (unpaired) electrons. The standard InChI is InChI=1S/C8H13ClN4S/c1-5(2)4-10-7-11-6(9)12-8(13-7)14-3/h5H,4H2,1-3H3,(H,10,11,12,13). The molecular formula is C8H13ClN4S. The van der Waals surface area contributed by atoms with Crippen molar-refractivity contribution in [3.05, 3.63) is 5.28 Å². The maximum absolute atomic E-state index is 5.73. The van der Waals surface area contributed by atoms with Crippen molar-refractivity contribution in [2.75, 3.05) is 18.1 Å². The first kappa shape index (κ1) is 11.5. The van der Waals surface area contributed by atoms with Crippen molar-refractivity contribution >= 4 is 29.3 Å². The molecule has 0 atom stereocenters. The summed E-state index contributed by atoms with van der Waals surface area (Å²) in [5.74, 6) is 1.09. The number of rotatable bonds is 4. The van der Waals surface area contributed by atoms with Crippen LogP contribution in [0.15, 0.2) is 5.16 Å². The number of anilines is 1. The lowest BCUT2D eigenvalue weighted by atomic mass is 10.2. The molecule has 1 N–H and O–H groups in total. The molecule has 0 aliphatic rings. The average Bonchev–Trinajstić information content (AvgIpc) is 2.14. The summed E-state index contributed by atoms with van der Waals surface area (Å²) < 4.78 is 0. The number of nitrogens with one attached hydrogen (secondary N) is 1. The SMILES string of the molecule is CSc1nc(Cl)nc(NCC(C)C)n1. The van der Waals surface area contributed by atoms with Gasteiger partial charge in [0.1, 0.15) is 0 Å². The van der Waals surface area contributed by atoms with Crippen molar-refractivity contribution in [2.45, 2.75) is 19.0 Å². The molecule has 78 valence electrons. The number of hydrogen-bond donors (Lipinski definition) is 1. The Bertz CT molecular complexity index is 305. The van der Waals surface area contributed by atoms with Gasteiger partial charge in [-0.3, -0.25) is 0 Å². The Hall–Kier alpha value is -0.550. The number of thioether (sulfide) groups is 1. The van der Waals surface area contributed by atoms with Crippen molar-refractivity contribution in [3.63, 3.8) is 0 Å². The first-order chi connectivity index (χ1) is 6.61. The van der Waals surface area contributed by atoms with Crippen LogP contribution in [-0.2, 0) is 0 Å². The lowest BCUT2D eigenvalue weighted by molar-refractivity contribution is 0.682. The van der Waals surface area contributed by atoms with Gasteiger partial charge in [-0.15, -0.1) is 0 Å². The molecule has 1 rings (SSSR count). The maximum atomic E-state index is 5.73. The molecular weight excluding hydrogens is 220 g/mol. The Morgan fingerprint density at radius 2 is 2.07 bits per heavy atom. The molecule has 0 spiro atoms. The van der Waals surface area contributed by atoms with Crippen molar-refractivity contribution in [1.29, 1.82) is 0 Å². The van der Waals surface area contributed by atoms with Gasteiger partial charge in [-0.2, -0.15) is 15.0 Å². The normalized spacial score (nSPS) is 10.6.